The Balaban J connectivity index is 2.34. The first-order valence-electron chi connectivity index (χ1n) is 1.00. The standard InChI is InChI=1S/BH2O5/c2-4-1-5-6-3/h2-3H. The Labute approximate surface area is 34.1 Å². The third kappa shape index (κ3) is 3.86. The summed E-state index contributed by atoms with van der Waals surface area (Å²) < 4.78 is 0. The molecule has 35 valence electrons. The molecule has 0 aliphatic rings. The summed E-state index contributed by atoms with van der Waals surface area (Å²) >= 11 is 0. The molecule has 0 amide bonds. The second-order valence-corrected chi connectivity index (χ2v) is 0.372. The van der Waals surface area contributed by atoms with E-state index in [1.165, 1.54) is 0 Å². The van der Waals surface area contributed by atoms with E-state index in [0.717, 1.165) is 0 Å². The van der Waals surface area contributed by atoms with Gasteiger partial charge in [0.2, 0.25) is 0 Å². The van der Waals surface area contributed by atoms with Crippen LogP contribution >= 0.6 is 0 Å². The summed E-state index contributed by atoms with van der Waals surface area (Å²) in [6.07, 6.45) is 0. The minimum absolute atomic E-state index is 0.389. The molecule has 0 fully saturated rings. The maximum Gasteiger partial charge on any atom is 0.562 e. The second-order valence-electron chi connectivity index (χ2n) is 0.372. The van der Waals surface area contributed by atoms with Gasteiger partial charge < -0.3 is 0 Å². The quantitative estimate of drug-likeness (QED) is 0.211. The van der Waals surface area contributed by atoms with Crippen LogP contribution in [0.3, 0.4) is 0 Å². The van der Waals surface area contributed by atoms with Crippen LogP contribution in [0.1, 0.15) is 0 Å². The van der Waals surface area contributed by atoms with Gasteiger partial charge >= 0.3 is 7.69 Å². The zero-order chi connectivity index (χ0) is 4.83. The molecule has 0 heterocycles. The SMILES string of the molecule is OO[B]OOO. The summed E-state index contributed by atoms with van der Waals surface area (Å²) in [5, 5.41) is 17.5. The Morgan fingerprint density at radius 2 is 2.00 bits per heavy atom. The highest BCUT2D eigenvalue weighted by molar-refractivity contribution is 6.16. The molecule has 0 spiro atoms. The van der Waals surface area contributed by atoms with Crippen molar-refractivity contribution in [1.29, 1.82) is 0 Å². The minimum atomic E-state index is 0.389. The lowest BCUT2D eigenvalue weighted by Gasteiger charge is -1.85. The third-order valence-electron chi connectivity index (χ3n) is 0.125. The minimum Gasteiger partial charge on any atom is -0.266 e. The van der Waals surface area contributed by atoms with Gasteiger partial charge in [-0.25, -0.2) is 10.1 Å². The maximum absolute atomic E-state index is 7.33. The molecule has 6 heteroatoms. The lowest BCUT2D eigenvalue weighted by atomic mass is 10.4. The third-order valence-corrected chi connectivity index (χ3v) is 0.125. The average Bonchev–Trinajstić information content (AvgIpc) is 1.61. The largest absolute Gasteiger partial charge is 0.562 e. The van der Waals surface area contributed by atoms with Crippen LogP contribution in [0, 0.1) is 0 Å². The highest BCUT2D eigenvalue weighted by Crippen LogP contribution is 1.64. The molecule has 0 saturated carbocycles. The van der Waals surface area contributed by atoms with Gasteiger partial charge in [-0.05, 0) is 0 Å². The Morgan fingerprint density at radius 1 is 1.33 bits per heavy atom. The molecular formula is H2BO5. The van der Waals surface area contributed by atoms with E-state index in [4.69, 9.17) is 10.5 Å². The number of hydrogen-bond acceptors (Lipinski definition) is 5. The molecule has 2 N–H and O–H groups in total. The van der Waals surface area contributed by atoms with Gasteiger partial charge in [0.1, 0.15) is 0 Å². The molecule has 1 radical (unpaired) electrons. The van der Waals surface area contributed by atoms with Crippen LogP contribution in [0.15, 0.2) is 0 Å². The Morgan fingerprint density at radius 3 is 2.17 bits per heavy atom. The molecule has 0 aliphatic carbocycles. The van der Waals surface area contributed by atoms with Crippen molar-refractivity contribution in [3.8, 4) is 0 Å². The van der Waals surface area contributed by atoms with E-state index in [1.54, 1.807) is 0 Å². The smallest absolute Gasteiger partial charge is 0.266 e. The molecular weight excluding hydrogens is 90.8 g/mol. The molecule has 0 unspecified atom stereocenters. The fraction of sp³-hybridized carbons (Fsp3) is 0. The van der Waals surface area contributed by atoms with Crippen molar-refractivity contribution in [2.24, 2.45) is 0 Å². The molecule has 0 bridgehead atoms. The van der Waals surface area contributed by atoms with Gasteiger partial charge in [-0.1, -0.05) is 5.04 Å². The van der Waals surface area contributed by atoms with E-state index in [1.807, 2.05) is 0 Å². The van der Waals surface area contributed by atoms with Crippen LogP contribution in [0.5, 0.6) is 0 Å². The van der Waals surface area contributed by atoms with E-state index in [9.17, 15) is 0 Å². The van der Waals surface area contributed by atoms with Gasteiger partial charge in [0.15, 0.2) is 0 Å². The monoisotopic (exact) mass is 93.0 g/mol. The lowest BCUT2D eigenvalue weighted by Crippen LogP contribution is -1.99. The molecule has 0 rings (SSSR count). The summed E-state index contributed by atoms with van der Waals surface area (Å²) in [6.45, 7) is 0. The van der Waals surface area contributed by atoms with Gasteiger partial charge in [-0.15, -0.1) is 0 Å². The van der Waals surface area contributed by atoms with Crippen molar-refractivity contribution in [2.45, 2.75) is 0 Å². The molecule has 0 aromatic rings. The van der Waals surface area contributed by atoms with Crippen LogP contribution < -0.4 is 0 Å². The van der Waals surface area contributed by atoms with Crippen molar-refractivity contribution in [1.82, 2.24) is 0 Å². The fourth-order valence-corrected chi connectivity index (χ4v) is 0.0351. The highest BCUT2D eigenvalue weighted by atomic mass is 17.5. The van der Waals surface area contributed by atoms with Gasteiger partial charge in [-0.2, -0.15) is 0 Å². The lowest BCUT2D eigenvalue weighted by molar-refractivity contribution is -0.450. The summed E-state index contributed by atoms with van der Waals surface area (Å²) in [7, 11) is 0.389. The molecule has 0 aliphatic heterocycles. The van der Waals surface area contributed by atoms with Gasteiger partial charge in [0.05, 0.1) is 0 Å². The molecule has 0 aromatic heterocycles. The Hall–Kier alpha value is -0.135. The van der Waals surface area contributed by atoms with E-state index < -0.39 is 0 Å². The van der Waals surface area contributed by atoms with Crippen molar-refractivity contribution in [3.05, 3.63) is 0 Å². The normalized spacial score (nSPS) is 8.33. The topological polar surface area (TPSA) is 68.2 Å². The van der Waals surface area contributed by atoms with Crippen molar-refractivity contribution < 1.29 is 25.2 Å². The van der Waals surface area contributed by atoms with Crippen LogP contribution in [-0.4, -0.2) is 18.2 Å². The van der Waals surface area contributed by atoms with E-state index in [2.05, 4.69) is 14.6 Å². The first kappa shape index (κ1) is 5.86. The molecule has 0 aromatic carbocycles. The van der Waals surface area contributed by atoms with Crippen LogP contribution in [0.2, 0.25) is 0 Å². The van der Waals surface area contributed by atoms with E-state index in [0.29, 0.717) is 7.69 Å². The predicted molar refractivity (Wildman–Crippen MR) is 14.3 cm³/mol. The predicted octanol–water partition coefficient (Wildman–Crippen LogP) is -0.569. The average molecular weight is 92.8 g/mol. The van der Waals surface area contributed by atoms with Gasteiger partial charge in [0.25, 0.3) is 0 Å². The highest BCUT2D eigenvalue weighted by Gasteiger charge is 1.87. The van der Waals surface area contributed by atoms with E-state index in [-0.39, 0.29) is 0 Å². The maximum atomic E-state index is 7.33. The van der Waals surface area contributed by atoms with Crippen LogP contribution in [0.4, 0.5) is 0 Å². The zero-order valence-corrected chi connectivity index (χ0v) is 2.70. The summed E-state index contributed by atoms with van der Waals surface area (Å²) in [5.41, 5.74) is 0. The second kappa shape index (κ2) is 4.86. The first-order chi connectivity index (χ1) is 2.91. The van der Waals surface area contributed by atoms with Crippen LogP contribution in [-0.2, 0) is 14.6 Å². The fourth-order valence-electron chi connectivity index (χ4n) is 0.0351. The van der Waals surface area contributed by atoms with Crippen molar-refractivity contribution in [3.63, 3.8) is 0 Å². The van der Waals surface area contributed by atoms with Crippen molar-refractivity contribution in [2.75, 3.05) is 0 Å². The van der Waals surface area contributed by atoms with E-state index >= 15 is 0 Å². The summed E-state index contributed by atoms with van der Waals surface area (Å²) in [4.78, 5) is 6.59. The zero-order valence-electron chi connectivity index (χ0n) is 2.70. The first-order valence-corrected chi connectivity index (χ1v) is 1.00. The molecule has 0 atom stereocenters. The van der Waals surface area contributed by atoms with Gasteiger partial charge in [0, 0.05) is 0 Å². The molecule has 0 saturated heterocycles. The van der Waals surface area contributed by atoms with Crippen molar-refractivity contribution >= 4 is 7.69 Å². The van der Waals surface area contributed by atoms with Gasteiger partial charge in [-0.3, -0.25) is 10.1 Å². The van der Waals surface area contributed by atoms with Crippen LogP contribution in [0.25, 0.3) is 0 Å². The summed E-state index contributed by atoms with van der Waals surface area (Å²) in [6, 6.07) is 0. The molecule has 5 nitrogen and oxygen atoms in total. The number of hydrogen-bond donors (Lipinski definition) is 2. The summed E-state index contributed by atoms with van der Waals surface area (Å²) in [5.74, 6) is 0. The number of rotatable bonds is 3. The Bertz CT molecular complexity index is 15.9. The Kier molecular flexibility index (Phi) is 4.76. The molecule has 6 heavy (non-hydrogen) atoms.